The Balaban J connectivity index is 2.12. The first kappa shape index (κ1) is 16.0. The number of carbonyl (C=O) groups excluding carboxylic acids is 1. The molecular formula is C15H22N2O3S. The van der Waals surface area contributed by atoms with E-state index in [0.717, 1.165) is 17.9 Å². The molecule has 1 aliphatic rings. The fourth-order valence-electron chi connectivity index (χ4n) is 2.65. The molecule has 0 aliphatic heterocycles. The smallest absolute Gasteiger partial charge is 0.251 e. The average Bonchev–Trinajstić information content (AvgIpc) is 2.30. The van der Waals surface area contributed by atoms with E-state index in [1.165, 1.54) is 25.3 Å². The molecule has 1 amide bonds. The SMILES string of the molecule is Cc1cc(C)c(S(N)(=O)=O)cc1C(=O)NCCC1CCC1. The minimum Gasteiger partial charge on any atom is -0.352 e. The van der Waals surface area contributed by atoms with Gasteiger partial charge in [0.1, 0.15) is 0 Å². The van der Waals surface area contributed by atoms with Gasteiger partial charge in [0.25, 0.3) is 5.91 Å². The van der Waals surface area contributed by atoms with Crippen LogP contribution in [0.25, 0.3) is 0 Å². The number of nitrogens with two attached hydrogens (primary N) is 1. The van der Waals surface area contributed by atoms with Crippen LogP contribution in [0.4, 0.5) is 0 Å². The Morgan fingerprint density at radius 3 is 2.48 bits per heavy atom. The third kappa shape index (κ3) is 3.83. The zero-order valence-corrected chi connectivity index (χ0v) is 13.3. The lowest BCUT2D eigenvalue weighted by Crippen LogP contribution is -2.28. The summed E-state index contributed by atoms with van der Waals surface area (Å²) in [6, 6.07) is 3.05. The third-order valence-electron chi connectivity index (χ3n) is 4.14. The van der Waals surface area contributed by atoms with Crippen LogP contribution in [-0.4, -0.2) is 20.9 Å². The van der Waals surface area contributed by atoms with Crippen molar-refractivity contribution in [2.24, 2.45) is 11.1 Å². The lowest BCUT2D eigenvalue weighted by molar-refractivity contribution is 0.0948. The first-order valence-corrected chi connectivity index (χ1v) is 8.76. The second-order valence-electron chi connectivity index (χ2n) is 5.82. The number of primary sulfonamides is 1. The summed E-state index contributed by atoms with van der Waals surface area (Å²) in [4.78, 5) is 12.2. The second kappa shape index (κ2) is 6.15. The van der Waals surface area contributed by atoms with Crippen LogP contribution in [-0.2, 0) is 10.0 Å². The van der Waals surface area contributed by atoms with Gasteiger partial charge >= 0.3 is 0 Å². The molecule has 1 aromatic rings. The van der Waals surface area contributed by atoms with Crippen molar-refractivity contribution in [3.05, 3.63) is 28.8 Å². The van der Waals surface area contributed by atoms with Gasteiger partial charge in [0.15, 0.2) is 0 Å². The Kier molecular flexibility index (Phi) is 4.68. The quantitative estimate of drug-likeness (QED) is 0.870. The van der Waals surface area contributed by atoms with E-state index in [1.54, 1.807) is 19.9 Å². The van der Waals surface area contributed by atoms with E-state index >= 15 is 0 Å². The average molecular weight is 310 g/mol. The van der Waals surface area contributed by atoms with Crippen LogP contribution in [0, 0.1) is 19.8 Å². The van der Waals surface area contributed by atoms with Crippen LogP contribution in [0.3, 0.4) is 0 Å². The highest BCUT2D eigenvalue weighted by Crippen LogP contribution is 2.28. The Hall–Kier alpha value is -1.40. The van der Waals surface area contributed by atoms with Crippen LogP contribution in [0.1, 0.15) is 47.2 Å². The fraction of sp³-hybridized carbons (Fsp3) is 0.533. The zero-order chi connectivity index (χ0) is 15.6. The second-order valence-corrected chi connectivity index (χ2v) is 7.35. The normalized spacial score (nSPS) is 15.6. The van der Waals surface area contributed by atoms with Crippen LogP contribution in [0.5, 0.6) is 0 Å². The van der Waals surface area contributed by atoms with E-state index in [9.17, 15) is 13.2 Å². The molecule has 0 saturated heterocycles. The molecule has 1 aliphatic carbocycles. The molecule has 0 aromatic heterocycles. The Morgan fingerprint density at radius 2 is 1.95 bits per heavy atom. The number of amides is 1. The van der Waals surface area contributed by atoms with Gasteiger partial charge in [0.05, 0.1) is 4.90 Å². The van der Waals surface area contributed by atoms with Gasteiger partial charge < -0.3 is 5.32 Å². The van der Waals surface area contributed by atoms with Gasteiger partial charge in [0.2, 0.25) is 10.0 Å². The van der Waals surface area contributed by atoms with Gasteiger partial charge in [-0.1, -0.05) is 25.3 Å². The maximum Gasteiger partial charge on any atom is 0.251 e. The van der Waals surface area contributed by atoms with Crippen molar-refractivity contribution in [3.63, 3.8) is 0 Å². The first-order valence-electron chi connectivity index (χ1n) is 7.21. The van der Waals surface area contributed by atoms with E-state index in [-0.39, 0.29) is 10.8 Å². The molecule has 2 rings (SSSR count). The maximum atomic E-state index is 12.2. The molecule has 21 heavy (non-hydrogen) atoms. The monoisotopic (exact) mass is 310 g/mol. The minimum atomic E-state index is -3.82. The number of sulfonamides is 1. The van der Waals surface area contributed by atoms with Gasteiger partial charge in [-0.15, -0.1) is 0 Å². The van der Waals surface area contributed by atoms with Crippen molar-refractivity contribution >= 4 is 15.9 Å². The Morgan fingerprint density at radius 1 is 1.29 bits per heavy atom. The first-order chi connectivity index (χ1) is 9.79. The Labute approximate surface area is 126 Å². The van der Waals surface area contributed by atoms with Crippen molar-refractivity contribution in [1.29, 1.82) is 0 Å². The predicted octanol–water partition coefficient (Wildman–Crippen LogP) is 1.87. The third-order valence-corrected chi connectivity index (χ3v) is 5.19. The van der Waals surface area contributed by atoms with Crippen molar-refractivity contribution in [1.82, 2.24) is 5.32 Å². The van der Waals surface area contributed by atoms with E-state index in [4.69, 9.17) is 5.14 Å². The molecule has 3 N–H and O–H groups in total. The lowest BCUT2D eigenvalue weighted by Gasteiger charge is -2.25. The van der Waals surface area contributed by atoms with Crippen molar-refractivity contribution in [2.75, 3.05) is 6.54 Å². The van der Waals surface area contributed by atoms with Crippen LogP contribution >= 0.6 is 0 Å². The molecular weight excluding hydrogens is 288 g/mol. The zero-order valence-electron chi connectivity index (χ0n) is 12.5. The lowest BCUT2D eigenvalue weighted by atomic mass is 9.83. The molecule has 1 aromatic carbocycles. The molecule has 0 unspecified atom stereocenters. The molecule has 1 saturated carbocycles. The number of benzene rings is 1. The molecule has 0 radical (unpaired) electrons. The van der Waals surface area contributed by atoms with E-state index in [2.05, 4.69) is 5.32 Å². The standard InChI is InChI=1S/C15H22N2O3S/c1-10-8-11(2)14(21(16,19)20)9-13(10)15(18)17-7-6-12-4-3-5-12/h8-9,12H,3-7H2,1-2H3,(H,17,18)(H2,16,19,20). The predicted molar refractivity (Wildman–Crippen MR) is 81.6 cm³/mol. The van der Waals surface area contributed by atoms with E-state index in [1.807, 2.05) is 0 Å². The summed E-state index contributed by atoms with van der Waals surface area (Å²) < 4.78 is 23.1. The van der Waals surface area contributed by atoms with E-state index in [0.29, 0.717) is 17.7 Å². The van der Waals surface area contributed by atoms with Crippen LogP contribution < -0.4 is 10.5 Å². The minimum absolute atomic E-state index is 0.0113. The van der Waals surface area contributed by atoms with Crippen molar-refractivity contribution in [2.45, 2.75) is 44.4 Å². The van der Waals surface area contributed by atoms with Gasteiger partial charge in [-0.25, -0.2) is 13.6 Å². The summed E-state index contributed by atoms with van der Waals surface area (Å²) in [6.45, 7) is 4.09. The van der Waals surface area contributed by atoms with Gasteiger partial charge in [-0.3, -0.25) is 4.79 Å². The van der Waals surface area contributed by atoms with Gasteiger partial charge in [-0.05, 0) is 43.4 Å². The Bertz CT molecular complexity index is 649. The van der Waals surface area contributed by atoms with Crippen molar-refractivity contribution < 1.29 is 13.2 Å². The summed E-state index contributed by atoms with van der Waals surface area (Å²) >= 11 is 0. The summed E-state index contributed by atoms with van der Waals surface area (Å²) in [7, 11) is -3.82. The molecule has 0 heterocycles. The molecule has 116 valence electrons. The topological polar surface area (TPSA) is 89.3 Å². The number of nitrogens with one attached hydrogen (secondary N) is 1. The largest absolute Gasteiger partial charge is 0.352 e. The molecule has 1 fully saturated rings. The highest BCUT2D eigenvalue weighted by Gasteiger charge is 2.19. The van der Waals surface area contributed by atoms with Crippen LogP contribution in [0.2, 0.25) is 0 Å². The molecule has 0 atom stereocenters. The highest BCUT2D eigenvalue weighted by atomic mass is 32.2. The number of rotatable bonds is 5. The number of hydrogen-bond donors (Lipinski definition) is 2. The highest BCUT2D eigenvalue weighted by molar-refractivity contribution is 7.89. The van der Waals surface area contributed by atoms with Gasteiger partial charge in [-0.2, -0.15) is 0 Å². The summed E-state index contributed by atoms with van der Waals surface area (Å²) in [6.07, 6.45) is 4.76. The number of carbonyl (C=O) groups is 1. The summed E-state index contributed by atoms with van der Waals surface area (Å²) in [5, 5.41) is 8.05. The number of aryl methyl sites for hydroxylation is 2. The molecule has 0 bridgehead atoms. The summed E-state index contributed by atoms with van der Waals surface area (Å²) in [5.41, 5.74) is 1.68. The number of hydrogen-bond acceptors (Lipinski definition) is 3. The van der Waals surface area contributed by atoms with E-state index < -0.39 is 10.0 Å². The molecule has 5 nitrogen and oxygen atoms in total. The van der Waals surface area contributed by atoms with Crippen LogP contribution in [0.15, 0.2) is 17.0 Å². The fourth-order valence-corrected chi connectivity index (χ4v) is 3.44. The summed E-state index contributed by atoms with van der Waals surface area (Å²) in [5.74, 6) is 0.487. The molecule has 0 spiro atoms. The van der Waals surface area contributed by atoms with Crippen molar-refractivity contribution in [3.8, 4) is 0 Å². The van der Waals surface area contributed by atoms with Gasteiger partial charge in [0, 0.05) is 12.1 Å². The molecule has 6 heteroatoms. The maximum absolute atomic E-state index is 12.2.